The molecule has 0 bridgehead atoms. The van der Waals surface area contributed by atoms with Crippen LogP contribution in [0.25, 0.3) is 17.0 Å². The van der Waals surface area contributed by atoms with Crippen molar-refractivity contribution in [3.05, 3.63) is 35.4 Å². The Morgan fingerprint density at radius 3 is 2.57 bits per heavy atom. The van der Waals surface area contributed by atoms with Crippen LogP contribution in [0.2, 0.25) is 5.28 Å². The van der Waals surface area contributed by atoms with Crippen molar-refractivity contribution in [3.8, 4) is 5.95 Å². The Labute approximate surface area is 137 Å². The van der Waals surface area contributed by atoms with Crippen LogP contribution in [0.15, 0.2) is 24.3 Å². The van der Waals surface area contributed by atoms with Crippen LogP contribution in [0.5, 0.6) is 0 Å². The van der Waals surface area contributed by atoms with E-state index in [0.717, 1.165) is 29.9 Å². The van der Waals surface area contributed by atoms with E-state index in [1.165, 1.54) is 0 Å². The molecule has 8 heteroatoms. The summed E-state index contributed by atoms with van der Waals surface area (Å²) in [5.41, 5.74) is 1.84. The molecule has 1 saturated heterocycles. The van der Waals surface area contributed by atoms with Crippen LogP contribution in [0.1, 0.15) is 5.82 Å². The molecule has 0 unspecified atom stereocenters. The van der Waals surface area contributed by atoms with E-state index in [-0.39, 0.29) is 5.28 Å². The van der Waals surface area contributed by atoms with E-state index >= 15 is 0 Å². The second kappa shape index (κ2) is 5.75. The number of morpholine rings is 1. The molecule has 0 saturated carbocycles. The van der Waals surface area contributed by atoms with E-state index in [0.29, 0.717) is 25.1 Å². The minimum Gasteiger partial charge on any atom is -0.378 e. The van der Waals surface area contributed by atoms with Crippen molar-refractivity contribution in [3.63, 3.8) is 0 Å². The lowest BCUT2D eigenvalue weighted by Gasteiger charge is -2.26. The summed E-state index contributed by atoms with van der Waals surface area (Å²) in [5.74, 6) is 1.86. The summed E-state index contributed by atoms with van der Waals surface area (Å²) < 4.78 is 7.27. The zero-order valence-corrected chi connectivity index (χ0v) is 13.4. The Kier molecular flexibility index (Phi) is 3.59. The first-order valence-electron chi connectivity index (χ1n) is 7.41. The van der Waals surface area contributed by atoms with Gasteiger partial charge < -0.3 is 9.64 Å². The van der Waals surface area contributed by atoms with Gasteiger partial charge in [-0.25, -0.2) is 4.98 Å². The highest BCUT2D eigenvalue weighted by atomic mass is 35.5. The number of halogens is 1. The lowest BCUT2D eigenvalue weighted by molar-refractivity contribution is 0.122. The second-order valence-corrected chi connectivity index (χ2v) is 5.63. The topological polar surface area (TPSA) is 69.0 Å². The van der Waals surface area contributed by atoms with Crippen LogP contribution >= 0.6 is 11.6 Å². The molecule has 118 valence electrons. The van der Waals surface area contributed by atoms with E-state index < -0.39 is 0 Å². The molecule has 1 aliphatic heterocycles. The molecule has 0 aliphatic carbocycles. The van der Waals surface area contributed by atoms with E-state index in [1.807, 2.05) is 35.8 Å². The highest BCUT2D eigenvalue weighted by Gasteiger charge is 2.18. The molecule has 2 aromatic heterocycles. The zero-order valence-electron chi connectivity index (χ0n) is 12.6. The molecule has 3 aromatic rings. The third-order valence-electron chi connectivity index (χ3n) is 3.81. The van der Waals surface area contributed by atoms with Gasteiger partial charge in [-0.3, -0.25) is 4.57 Å². The Hall–Kier alpha value is -2.25. The maximum atomic E-state index is 6.14. The molecule has 0 radical (unpaired) electrons. The molecule has 23 heavy (non-hydrogen) atoms. The lowest BCUT2D eigenvalue weighted by atomic mass is 10.3. The van der Waals surface area contributed by atoms with E-state index in [1.54, 1.807) is 0 Å². The Balaban J connectivity index is 1.84. The second-order valence-electron chi connectivity index (χ2n) is 5.29. The maximum absolute atomic E-state index is 6.14. The molecule has 7 nitrogen and oxygen atoms in total. The van der Waals surface area contributed by atoms with Crippen molar-refractivity contribution in [1.82, 2.24) is 24.5 Å². The molecule has 1 aliphatic rings. The smallest absolute Gasteiger partial charge is 0.241 e. The monoisotopic (exact) mass is 330 g/mol. The van der Waals surface area contributed by atoms with Crippen molar-refractivity contribution >= 4 is 28.6 Å². The van der Waals surface area contributed by atoms with Gasteiger partial charge in [0.2, 0.25) is 17.2 Å². The van der Waals surface area contributed by atoms with Gasteiger partial charge in [0.25, 0.3) is 0 Å². The number of hydrogen-bond acceptors (Lipinski definition) is 6. The number of nitrogens with zero attached hydrogens (tertiary/aromatic N) is 6. The standard InChI is InChI=1S/C15H15ClN6O/c1-10-17-11-4-2-3-5-12(11)22(10)15-19-13(16)18-14(20-15)21-6-8-23-9-7-21/h2-5H,6-9H2,1H3. The molecule has 0 spiro atoms. The Morgan fingerprint density at radius 2 is 1.74 bits per heavy atom. The van der Waals surface area contributed by atoms with Gasteiger partial charge in [0.05, 0.1) is 24.2 Å². The highest BCUT2D eigenvalue weighted by Crippen LogP contribution is 2.21. The number of imidazole rings is 1. The van der Waals surface area contributed by atoms with Gasteiger partial charge in [-0.1, -0.05) is 12.1 Å². The first kappa shape index (κ1) is 14.3. The molecule has 1 aromatic carbocycles. The van der Waals surface area contributed by atoms with Crippen molar-refractivity contribution in [2.45, 2.75) is 6.92 Å². The quantitative estimate of drug-likeness (QED) is 0.716. The van der Waals surface area contributed by atoms with Crippen molar-refractivity contribution in [2.24, 2.45) is 0 Å². The Morgan fingerprint density at radius 1 is 1.00 bits per heavy atom. The molecule has 0 amide bonds. The number of benzene rings is 1. The zero-order chi connectivity index (χ0) is 15.8. The third kappa shape index (κ3) is 2.62. The summed E-state index contributed by atoms with van der Waals surface area (Å²) in [6.45, 7) is 4.72. The number of hydrogen-bond donors (Lipinski definition) is 0. The van der Waals surface area contributed by atoms with Gasteiger partial charge in [0.15, 0.2) is 0 Å². The highest BCUT2D eigenvalue weighted by molar-refractivity contribution is 6.28. The van der Waals surface area contributed by atoms with Crippen LogP contribution in [0, 0.1) is 6.92 Å². The van der Waals surface area contributed by atoms with Crippen LogP contribution in [0.4, 0.5) is 5.95 Å². The fraction of sp³-hybridized carbons (Fsp3) is 0.333. The van der Waals surface area contributed by atoms with Crippen LogP contribution < -0.4 is 4.90 Å². The summed E-state index contributed by atoms with van der Waals surface area (Å²) in [5, 5.41) is 0.175. The van der Waals surface area contributed by atoms with Gasteiger partial charge in [0.1, 0.15) is 5.82 Å². The summed E-state index contributed by atoms with van der Waals surface area (Å²) >= 11 is 6.14. The van der Waals surface area contributed by atoms with Crippen LogP contribution in [-0.2, 0) is 4.74 Å². The van der Waals surface area contributed by atoms with E-state index in [9.17, 15) is 0 Å². The molecule has 0 N–H and O–H groups in total. The maximum Gasteiger partial charge on any atom is 0.241 e. The van der Waals surface area contributed by atoms with E-state index in [4.69, 9.17) is 16.3 Å². The summed E-state index contributed by atoms with van der Waals surface area (Å²) in [6, 6.07) is 7.87. The molecule has 3 heterocycles. The third-order valence-corrected chi connectivity index (χ3v) is 3.98. The Bertz CT molecular complexity index is 858. The number of anilines is 1. The van der Waals surface area contributed by atoms with Crippen molar-refractivity contribution < 1.29 is 4.74 Å². The molecular weight excluding hydrogens is 316 g/mol. The number of rotatable bonds is 2. The average Bonchev–Trinajstić information content (AvgIpc) is 2.91. The number of aryl methyl sites for hydroxylation is 1. The van der Waals surface area contributed by atoms with Gasteiger partial charge in [0, 0.05) is 13.1 Å². The minimum atomic E-state index is 0.175. The van der Waals surface area contributed by atoms with Crippen molar-refractivity contribution in [1.29, 1.82) is 0 Å². The molecule has 1 fully saturated rings. The SMILES string of the molecule is Cc1nc2ccccc2n1-c1nc(Cl)nc(N2CCOCC2)n1. The van der Waals surface area contributed by atoms with Gasteiger partial charge in [-0.05, 0) is 30.7 Å². The average molecular weight is 331 g/mol. The lowest BCUT2D eigenvalue weighted by Crippen LogP contribution is -2.37. The van der Waals surface area contributed by atoms with Crippen LogP contribution in [-0.4, -0.2) is 50.8 Å². The fourth-order valence-electron chi connectivity index (χ4n) is 2.73. The summed E-state index contributed by atoms with van der Waals surface area (Å²) in [4.78, 5) is 19.7. The largest absolute Gasteiger partial charge is 0.378 e. The van der Waals surface area contributed by atoms with E-state index in [2.05, 4.69) is 24.8 Å². The normalized spacial score (nSPS) is 15.3. The molecular formula is C15H15ClN6O. The molecule has 4 rings (SSSR count). The first-order valence-corrected chi connectivity index (χ1v) is 7.79. The van der Waals surface area contributed by atoms with Gasteiger partial charge in [-0.2, -0.15) is 15.0 Å². The predicted octanol–water partition coefficient (Wildman–Crippen LogP) is 2.01. The minimum absolute atomic E-state index is 0.175. The first-order chi connectivity index (χ1) is 11.2. The van der Waals surface area contributed by atoms with Crippen molar-refractivity contribution in [2.75, 3.05) is 31.2 Å². The summed E-state index contributed by atoms with van der Waals surface area (Å²) in [6.07, 6.45) is 0. The fourth-order valence-corrected chi connectivity index (χ4v) is 2.88. The number of para-hydroxylation sites is 2. The number of ether oxygens (including phenoxy) is 1. The van der Waals surface area contributed by atoms with Gasteiger partial charge in [-0.15, -0.1) is 0 Å². The van der Waals surface area contributed by atoms with Crippen LogP contribution in [0.3, 0.4) is 0 Å². The summed E-state index contributed by atoms with van der Waals surface area (Å²) in [7, 11) is 0. The number of aromatic nitrogens is 5. The van der Waals surface area contributed by atoms with Gasteiger partial charge >= 0.3 is 0 Å². The number of fused-ring (bicyclic) bond motifs is 1. The molecule has 0 atom stereocenters. The predicted molar refractivity (Wildman–Crippen MR) is 87.2 cm³/mol.